The Kier molecular flexibility index (Phi) is 5.52. The first kappa shape index (κ1) is 24.1. The standard InChI is InChI=1S/C25H18F2N6O6/c1-25(27)38-19-5-3-13(7-20(19)39-25)10-29-23(35)17-8-16(31-21-14(26)11-30-33(17)21)22(34)28-9-12-2-4-18-15(6-12)32-24(36)37-18/h2-8,11H,9-10H2,1H3,(H,28,34)(H,29,35)(H,32,36). The Balaban J connectivity index is 1.20. The molecule has 1 aliphatic rings. The van der Waals surface area contributed by atoms with Gasteiger partial charge in [0.15, 0.2) is 28.5 Å². The van der Waals surface area contributed by atoms with Gasteiger partial charge >= 0.3 is 11.8 Å². The fraction of sp³-hybridized carbons (Fsp3) is 0.160. The van der Waals surface area contributed by atoms with Crippen molar-refractivity contribution in [3.8, 4) is 11.5 Å². The first-order chi connectivity index (χ1) is 18.6. The lowest BCUT2D eigenvalue weighted by atomic mass is 10.2. The Morgan fingerprint density at radius 3 is 2.56 bits per heavy atom. The zero-order valence-corrected chi connectivity index (χ0v) is 20.1. The second-order valence-electron chi connectivity index (χ2n) is 8.79. The zero-order valence-electron chi connectivity index (χ0n) is 20.1. The second kappa shape index (κ2) is 8.93. The third-order valence-corrected chi connectivity index (χ3v) is 5.88. The van der Waals surface area contributed by atoms with Crippen molar-refractivity contribution < 1.29 is 32.3 Å². The largest absolute Gasteiger partial charge is 0.423 e. The van der Waals surface area contributed by atoms with E-state index in [0.717, 1.165) is 17.6 Å². The first-order valence-electron chi connectivity index (χ1n) is 11.6. The number of alkyl halides is 1. The minimum Gasteiger partial charge on any atom is -0.423 e. The highest BCUT2D eigenvalue weighted by Crippen LogP contribution is 2.40. The Morgan fingerprint density at radius 2 is 1.74 bits per heavy atom. The number of ether oxygens (including phenoxy) is 2. The van der Waals surface area contributed by atoms with Crippen molar-refractivity contribution in [1.29, 1.82) is 0 Å². The topological polar surface area (TPSA) is 153 Å². The van der Waals surface area contributed by atoms with Crippen molar-refractivity contribution in [3.05, 3.63) is 87.5 Å². The minimum atomic E-state index is -2.28. The molecule has 0 bridgehead atoms. The fourth-order valence-corrected chi connectivity index (χ4v) is 4.11. The number of rotatable bonds is 6. The molecular weight excluding hydrogens is 518 g/mol. The van der Waals surface area contributed by atoms with Gasteiger partial charge in [-0.2, -0.15) is 9.49 Å². The van der Waals surface area contributed by atoms with Crippen LogP contribution in [0.4, 0.5) is 8.78 Å². The summed E-state index contributed by atoms with van der Waals surface area (Å²) in [6.07, 6.45) is 0.882. The molecule has 4 heterocycles. The molecular formula is C25H18F2N6O6. The van der Waals surface area contributed by atoms with Crippen LogP contribution < -0.4 is 25.9 Å². The number of H-pyrrole nitrogens is 1. The maximum absolute atomic E-state index is 14.4. The van der Waals surface area contributed by atoms with Gasteiger partial charge in [0.25, 0.3) is 11.8 Å². The van der Waals surface area contributed by atoms with E-state index in [2.05, 4.69) is 25.7 Å². The van der Waals surface area contributed by atoms with Gasteiger partial charge in [0.05, 0.1) is 11.7 Å². The minimum absolute atomic E-state index is 0.00610. The van der Waals surface area contributed by atoms with Crippen molar-refractivity contribution in [2.45, 2.75) is 26.1 Å². The van der Waals surface area contributed by atoms with Crippen LogP contribution in [0.5, 0.6) is 11.5 Å². The molecule has 0 radical (unpaired) electrons. The van der Waals surface area contributed by atoms with Gasteiger partial charge in [0, 0.05) is 26.1 Å². The molecule has 5 aromatic rings. The Bertz CT molecular complexity index is 1840. The lowest BCUT2D eigenvalue weighted by molar-refractivity contribution is -0.173. The van der Waals surface area contributed by atoms with E-state index in [-0.39, 0.29) is 41.6 Å². The Hall–Kier alpha value is -5.27. The molecule has 0 saturated heterocycles. The number of hydrogen-bond acceptors (Lipinski definition) is 8. The predicted molar refractivity (Wildman–Crippen MR) is 129 cm³/mol. The van der Waals surface area contributed by atoms with Crippen LogP contribution in [0.25, 0.3) is 16.7 Å². The van der Waals surface area contributed by atoms with E-state index in [1.807, 2.05) is 0 Å². The van der Waals surface area contributed by atoms with Gasteiger partial charge in [-0.15, -0.1) is 0 Å². The van der Waals surface area contributed by atoms with Crippen LogP contribution in [0.2, 0.25) is 0 Å². The summed E-state index contributed by atoms with van der Waals surface area (Å²) in [5.74, 6) is -2.34. The van der Waals surface area contributed by atoms with Crippen molar-refractivity contribution >= 4 is 28.6 Å². The van der Waals surface area contributed by atoms with E-state index in [0.29, 0.717) is 22.2 Å². The molecule has 3 aromatic heterocycles. The Morgan fingerprint density at radius 1 is 1.03 bits per heavy atom. The lowest BCUT2D eigenvalue weighted by Crippen LogP contribution is -2.28. The van der Waals surface area contributed by atoms with E-state index < -0.39 is 29.4 Å². The number of nitrogens with zero attached hydrogens (tertiary/aromatic N) is 3. The van der Waals surface area contributed by atoms with Crippen LogP contribution in [0.15, 0.2) is 57.9 Å². The summed E-state index contributed by atoms with van der Waals surface area (Å²) in [4.78, 5) is 43.8. The number of oxazole rings is 1. The van der Waals surface area contributed by atoms with Gasteiger partial charge in [-0.25, -0.2) is 18.7 Å². The molecule has 39 heavy (non-hydrogen) atoms. The molecule has 6 rings (SSSR count). The van der Waals surface area contributed by atoms with Gasteiger partial charge < -0.3 is 24.5 Å². The molecule has 0 spiro atoms. The number of fused-ring (bicyclic) bond motifs is 3. The molecule has 0 aliphatic carbocycles. The van der Waals surface area contributed by atoms with Gasteiger partial charge in [0.1, 0.15) is 11.4 Å². The van der Waals surface area contributed by atoms with Crippen LogP contribution in [-0.2, 0) is 13.1 Å². The number of carbonyl (C=O) groups excluding carboxylic acids is 2. The van der Waals surface area contributed by atoms with Crippen molar-refractivity contribution in [1.82, 2.24) is 30.2 Å². The van der Waals surface area contributed by atoms with Gasteiger partial charge in [0.2, 0.25) is 0 Å². The molecule has 0 saturated carbocycles. The first-order valence-corrected chi connectivity index (χ1v) is 11.6. The molecule has 2 amide bonds. The smallest absolute Gasteiger partial charge is 0.417 e. The summed E-state index contributed by atoms with van der Waals surface area (Å²) < 4.78 is 44.3. The molecule has 14 heteroatoms. The number of aromatic nitrogens is 4. The average molecular weight is 536 g/mol. The van der Waals surface area contributed by atoms with E-state index in [1.54, 1.807) is 24.3 Å². The SMILES string of the molecule is CC1(F)Oc2ccc(CNC(=O)c3cc(C(=O)NCc4ccc5oc(=O)[nH]c5c4)nc4c(F)cnn34)cc2O1. The summed E-state index contributed by atoms with van der Waals surface area (Å²) in [7, 11) is 0. The van der Waals surface area contributed by atoms with Gasteiger partial charge in [-0.1, -0.05) is 12.1 Å². The molecule has 1 atom stereocenters. The number of carbonyl (C=O) groups is 2. The van der Waals surface area contributed by atoms with Gasteiger partial charge in [-0.05, 0) is 35.4 Å². The maximum Gasteiger partial charge on any atom is 0.417 e. The highest BCUT2D eigenvalue weighted by atomic mass is 19.2. The normalized spacial score (nSPS) is 16.1. The average Bonchev–Trinajstić information content (AvgIpc) is 3.56. The molecule has 2 aromatic carbocycles. The van der Waals surface area contributed by atoms with E-state index in [9.17, 15) is 23.2 Å². The number of benzene rings is 2. The lowest BCUT2D eigenvalue weighted by Gasteiger charge is -2.10. The second-order valence-corrected chi connectivity index (χ2v) is 8.79. The maximum atomic E-state index is 14.4. The monoisotopic (exact) mass is 536 g/mol. The van der Waals surface area contributed by atoms with Gasteiger partial charge in [-0.3, -0.25) is 14.6 Å². The predicted octanol–water partition coefficient (Wildman–Crippen LogP) is 2.58. The summed E-state index contributed by atoms with van der Waals surface area (Å²) in [6, 6.07) is 8.44. The molecule has 0 fully saturated rings. The number of amides is 2. The fourth-order valence-electron chi connectivity index (χ4n) is 4.11. The molecule has 3 N–H and O–H groups in total. The summed E-state index contributed by atoms with van der Waals surface area (Å²) >= 11 is 0. The van der Waals surface area contributed by atoms with Crippen molar-refractivity contribution in [3.63, 3.8) is 0 Å². The highest BCUT2D eigenvalue weighted by Gasteiger charge is 2.36. The summed E-state index contributed by atoms with van der Waals surface area (Å²) in [5, 5.41) is 9.17. The third kappa shape index (κ3) is 4.63. The van der Waals surface area contributed by atoms with E-state index in [4.69, 9.17) is 13.9 Å². The van der Waals surface area contributed by atoms with Crippen LogP contribution >= 0.6 is 0 Å². The molecule has 1 unspecified atom stereocenters. The van der Waals surface area contributed by atoms with Crippen molar-refractivity contribution in [2.75, 3.05) is 0 Å². The quantitative estimate of drug-likeness (QED) is 0.299. The van der Waals surface area contributed by atoms with E-state index >= 15 is 0 Å². The summed E-state index contributed by atoms with van der Waals surface area (Å²) in [6.45, 7) is 1.19. The van der Waals surface area contributed by atoms with Crippen LogP contribution in [0, 0.1) is 5.82 Å². The molecule has 1 aliphatic heterocycles. The summed E-state index contributed by atoms with van der Waals surface area (Å²) in [5.41, 5.74) is 1.41. The highest BCUT2D eigenvalue weighted by molar-refractivity contribution is 5.98. The van der Waals surface area contributed by atoms with Crippen LogP contribution in [0.3, 0.4) is 0 Å². The van der Waals surface area contributed by atoms with Crippen LogP contribution in [-0.4, -0.2) is 37.4 Å². The number of hydrogen-bond donors (Lipinski definition) is 3. The van der Waals surface area contributed by atoms with Crippen molar-refractivity contribution in [2.24, 2.45) is 0 Å². The number of aromatic amines is 1. The zero-order chi connectivity index (χ0) is 27.3. The van der Waals surface area contributed by atoms with E-state index in [1.165, 1.54) is 18.2 Å². The molecule has 12 nitrogen and oxygen atoms in total. The van der Waals surface area contributed by atoms with Crippen LogP contribution in [0.1, 0.15) is 39.0 Å². The number of nitrogens with one attached hydrogen (secondary N) is 3. The Labute approximate surface area is 216 Å². The molecule has 198 valence electrons. The number of halogens is 2. The third-order valence-electron chi connectivity index (χ3n) is 5.88.